The van der Waals surface area contributed by atoms with Gasteiger partial charge in [-0.3, -0.25) is 10.1 Å². The highest BCUT2D eigenvalue weighted by Gasteiger charge is 2.24. The lowest BCUT2D eigenvalue weighted by atomic mass is 10.1. The number of anilines is 2. The largest absolute Gasteiger partial charge is 0.492 e. The molecule has 2 aromatic rings. The summed E-state index contributed by atoms with van der Waals surface area (Å²) in [4.78, 5) is 27.9. The highest BCUT2D eigenvalue weighted by Crippen LogP contribution is 2.27. The van der Waals surface area contributed by atoms with Crippen molar-refractivity contribution in [3.05, 3.63) is 53.6 Å². The van der Waals surface area contributed by atoms with Crippen molar-refractivity contribution in [2.24, 2.45) is 0 Å². The quantitative estimate of drug-likeness (QED) is 0.677. The lowest BCUT2D eigenvalue weighted by Crippen LogP contribution is -3.16. The molecule has 0 atom stereocenters. The molecule has 0 spiro atoms. The predicted octanol–water partition coefficient (Wildman–Crippen LogP) is 1.76. The second-order valence-electron chi connectivity index (χ2n) is 7.62. The number of ether oxygens (including phenoxy) is 1. The van der Waals surface area contributed by atoms with Gasteiger partial charge in [0.15, 0.2) is 6.54 Å². The fourth-order valence-electron chi connectivity index (χ4n) is 3.62. The molecule has 160 valence electrons. The van der Waals surface area contributed by atoms with Gasteiger partial charge in [0, 0.05) is 5.69 Å². The number of carbonyl (C=O) groups is 2. The van der Waals surface area contributed by atoms with Crippen LogP contribution in [0.3, 0.4) is 0 Å². The van der Waals surface area contributed by atoms with Gasteiger partial charge in [-0.15, -0.1) is 0 Å². The molecular formula is C23H31N4O3+. The average Bonchev–Trinajstić information content (AvgIpc) is 2.72. The number of aryl methyl sites for hydroxylation is 2. The number of piperazine rings is 1. The highest BCUT2D eigenvalue weighted by atomic mass is 16.5. The molecule has 2 aromatic carbocycles. The van der Waals surface area contributed by atoms with E-state index in [-0.39, 0.29) is 12.5 Å². The number of quaternary nitrogens is 1. The normalized spacial score (nSPS) is 14.3. The minimum absolute atomic E-state index is 0.269. The van der Waals surface area contributed by atoms with E-state index >= 15 is 0 Å². The van der Waals surface area contributed by atoms with Gasteiger partial charge < -0.3 is 19.9 Å². The Morgan fingerprint density at radius 3 is 2.50 bits per heavy atom. The number of rotatable bonds is 6. The molecule has 0 aliphatic carbocycles. The van der Waals surface area contributed by atoms with Crippen molar-refractivity contribution in [3.8, 4) is 5.75 Å². The van der Waals surface area contributed by atoms with Crippen LogP contribution in [0.25, 0.3) is 0 Å². The van der Waals surface area contributed by atoms with Gasteiger partial charge in [-0.25, -0.2) is 4.79 Å². The van der Waals surface area contributed by atoms with Crippen LogP contribution in [0.4, 0.5) is 16.2 Å². The Labute approximate surface area is 178 Å². The van der Waals surface area contributed by atoms with E-state index in [2.05, 4.69) is 21.6 Å². The Morgan fingerprint density at radius 1 is 1.07 bits per heavy atom. The number of hydrogen-bond donors (Lipinski definition) is 3. The van der Waals surface area contributed by atoms with Crippen molar-refractivity contribution in [2.75, 3.05) is 49.5 Å². The highest BCUT2D eigenvalue weighted by molar-refractivity contribution is 6.01. The molecule has 1 aliphatic rings. The molecule has 0 radical (unpaired) electrons. The second kappa shape index (κ2) is 10.1. The number of imide groups is 1. The summed E-state index contributed by atoms with van der Waals surface area (Å²) in [6.07, 6.45) is 0. The van der Waals surface area contributed by atoms with Crippen LogP contribution in [0.5, 0.6) is 5.75 Å². The summed E-state index contributed by atoms with van der Waals surface area (Å²) in [5, 5.41) is 5.16. The van der Waals surface area contributed by atoms with Crippen molar-refractivity contribution >= 4 is 23.3 Å². The summed E-state index contributed by atoms with van der Waals surface area (Å²) < 4.78 is 5.73. The van der Waals surface area contributed by atoms with E-state index < -0.39 is 6.03 Å². The topological polar surface area (TPSA) is 75.1 Å². The number of nitrogens with one attached hydrogen (secondary N) is 3. The molecule has 1 fully saturated rings. The van der Waals surface area contributed by atoms with E-state index in [0.29, 0.717) is 12.3 Å². The molecule has 3 N–H and O–H groups in total. The smallest absolute Gasteiger partial charge is 0.326 e. The fourth-order valence-corrected chi connectivity index (χ4v) is 3.62. The maximum absolute atomic E-state index is 12.3. The molecule has 0 unspecified atom stereocenters. The Kier molecular flexibility index (Phi) is 7.30. The second-order valence-corrected chi connectivity index (χ2v) is 7.62. The number of urea groups is 1. The molecule has 7 heteroatoms. The summed E-state index contributed by atoms with van der Waals surface area (Å²) in [5.74, 6) is 0.624. The van der Waals surface area contributed by atoms with Gasteiger partial charge in [0.2, 0.25) is 0 Å². The fraction of sp³-hybridized carbons (Fsp3) is 0.391. The maximum Gasteiger partial charge on any atom is 0.326 e. The first kappa shape index (κ1) is 21.6. The first-order valence-corrected chi connectivity index (χ1v) is 10.4. The van der Waals surface area contributed by atoms with Crippen LogP contribution < -0.4 is 25.2 Å². The average molecular weight is 412 g/mol. The number of nitrogens with zero attached hydrogens (tertiary/aromatic N) is 1. The molecule has 3 rings (SSSR count). The molecule has 1 aliphatic heterocycles. The van der Waals surface area contributed by atoms with Crippen molar-refractivity contribution in [3.63, 3.8) is 0 Å². The molecule has 7 nitrogen and oxygen atoms in total. The lowest BCUT2D eigenvalue weighted by Gasteiger charge is -2.34. The van der Waals surface area contributed by atoms with Crippen LogP contribution in [0.1, 0.15) is 18.1 Å². The molecule has 0 aromatic heterocycles. The van der Waals surface area contributed by atoms with Crippen LogP contribution in [0, 0.1) is 13.8 Å². The summed E-state index contributed by atoms with van der Waals surface area (Å²) in [5.41, 5.74) is 4.02. The third-order valence-corrected chi connectivity index (χ3v) is 5.40. The third kappa shape index (κ3) is 5.73. The summed E-state index contributed by atoms with van der Waals surface area (Å²) >= 11 is 0. The number of para-hydroxylation sites is 2. The summed E-state index contributed by atoms with van der Waals surface area (Å²) in [6.45, 7) is 10.2. The molecule has 0 bridgehead atoms. The van der Waals surface area contributed by atoms with Gasteiger partial charge in [0.25, 0.3) is 5.91 Å². The first-order chi connectivity index (χ1) is 14.5. The van der Waals surface area contributed by atoms with Crippen molar-refractivity contribution in [1.82, 2.24) is 5.32 Å². The van der Waals surface area contributed by atoms with Gasteiger partial charge in [-0.05, 0) is 56.2 Å². The van der Waals surface area contributed by atoms with E-state index in [1.807, 2.05) is 57.2 Å². The molecule has 1 saturated heterocycles. The van der Waals surface area contributed by atoms with Crippen LogP contribution in [0.2, 0.25) is 0 Å². The number of amides is 3. The molecule has 3 amide bonds. The maximum atomic E-state index is 12.3. The molecule has 1 heterocycles. The lowest BCUT2D eigenvalue weighted by molar-refractivity contribution is -0.892. The first-order valence-electron chi connectivity index (χ1n) is 10.4. The minimum Gasteiger partial charge on any atom is -0.492 e. The molecule has 30 heavy (non-hydrogen) atoms. The minimum atomic E-state index is -0.494. The van der Waals surface area contributed by atoms with E-state index in [1.54, 1.807) is 0 Å². The Hall–Kier alpha value is -3.06. The molecule has 0 saturated carbocycles. The number of benzene rings is 2. The summed E-state index contributed by atoms with van der Waals surface area (Å²) in [6, 6.07) is 13.2. The SMILES string of the molecule is CCOc1ccccc1N1CC[NH+](CC(=O)NC(=O)Nc2ccc(C)c(C)c2)CC1. The van der Waals surface area contributed by atoms with E-state index in [1.165, 1.54) is 0 Å². The van der Waals surface area contributed by atoms with Gasteiger partial charge in [0.1, 0.15) is 5.75 Å². The van der Waals surface area contributed by atoms with Gasteiger partial charge in [-0.1, -0.05) is 18.2 Å². The van der Waals surface area contributed by atoms with Crippen LogP contribution in [0.15, 0.2) is 42.5 Å². The Bertz CT molecular complexity index is 892. The zero-order chi connectivity index (χ0) is 21.5. The van der Waals surface area contributed by atoms with Crippen molar-refractivity contribution in [1.29, 1.82) is 0 Å². The van der Waals surface area contributed by atoms with Crippen molar-refractivity contribution in [2.45, 2.75) is 20.8 Å². The van der Waals surface area contributed by atoms with Gasteiger partial charge in [-0.2, -0.15) is 0 Å². The number of carbonyl (C=O) groups excluding carboxylic acids is 2. The van der Waals surface area contributed by atoms with Gasteiger partial charge >= 0.3 is 6.03 Å². The third-order valence-electron chi connectivity index (χ3n) is 5.40. The van der Waals surface area contributed by atoms with Crippen LogP contribution in [-0.4, -0.2) is 51.3 Å². The van der Waals surface area contributed by atoms with Crippen LogP contribution in [-0.2, 0) is 4.79 Å². The molecular weight excluding hydrogens is 380 g/mol. The van der Waals surface area contributed by atoms with Crippen LogP contribution >= 0.6 is 0 Å². The zero-order valence-electron chi connectivity index (χ0n) is 18.0. The number of hydrogen-bond acceptors (Lipinski definition) is 4. The Morgan fingerprint density at radius 2 is 1.80 bits per heavy atom. The van der Waals surface area contributed by atoms with E-state index in [9.17, 15) is 9.59 Å². The predicted molar refractivity (Wildman–Crippen MR) is 118 cm³/mol. The standard InChI is InChI=1S/C23H30N4O3/c1-4-30-21-8-6-5-7-20(21)27-13-11-26(12-14-27)16-22(28)25-23(29)24-19-10-9-17(2)18(3)15-19/h5-10,15H,4,11-14,16H2,1-3H3,(H2,24,25,28,29)/p+1. The van der Waals surface area contributed by atoms with Gasteiger partial charge in [0.05, 0.1) is 38.5 Å². The van der Waals surface area contributed by atoms with E-state index in [4.69, 9.17) is 4.74 Å². The monoisotopic (exact) mass is 411 g/mol. The Balaban J connectivity index is 1.46. The van der Waals surface area contributed by atoms with E-state index in [0.717, 1.165) is 53.6 Å². The van der Waals surface area contributed by atoms with Crippen molar-refractivity contribution < 1.29 is 19.2 Å². The zero-order valence-corrected chi connectivity index (χ0v) is 18.0. The summed E-state index contributed by atoms with van der Waals surface area (Å²) in [7, 11) is 0.